The van der Waals surface area contributed by atoms with Crippen molar-refractivity contribution in [3.63, 3.8) is 0 Å². The van der Waals surface area contributed by atoms with E-state index in [-0.39, 0.29) is 12.7 Å². The van der Waals surface area contributed by atoms with Crippen molar-refractivity contribution in [2.45, 2.75) is 3.12 Å². The Morgan fingerprint density at radius 1 is 1.40 bits per heavy atom. The summed E-state index contributed by atoms with van der Waals surface area (Å²) in [4.78, 5) is 13.6. The Morgan fingerprint density at radius 3 is 2.65 bits per heavy atom. The van der Waals surface area contributed by atoms with Gasteiger partial charge >= 0.3 is 6.03 Å². The Balaban J connectivity index is 2.15. The van der Waals surface area contributed by atoms with E-state index >= 15 is 0 Å². The molecule has 0 spiro atoms. The van der Waals surface area contributed by atoms with Gasteiger partial charge in [0.2, 0.25) is 0 Å². The highest BCUT2D eigenvalue weighted by molar-refractivity contribution is 8.03. The summed E-state index contributed by atoms with van der Waals surface area (Å²) in [5, 5.41) is 0.408. The third kappa shape index (κ3) is 3.69. The lowest BCUT2D eigenvalue weighted by molar-refractivity contribution is 0.236. The lowest BCUT2D eigenvalue weighted by atomic mass is 10.3. The van der Waals surface area contributed by atoms with E-state index in [1.54, 1.807) is 18.2 Å². The van der Waals surface area contributed by atoms with Crippen molar-refractivity contribution >= 4 is 70.1 Å². The molecule has 1 saturated heterocycles. The van der Waals surface area contributed by atoms with Gasteiger partial charge in [-0.2, -0.15) is 9.84 Å². The van der Waals surface area contributed by atoms with Crippen molar-refractivity contribution < 1.29 is 9.53 Å². The van der Waals surface area contributed by atoms with Crippen LogP contribution in [0.4, 0.5) is 10.5 Å². The number of anilines is 1. The normalized spacial score (nSPS) is 15.9. The van der Waals surface area contributed by atoms with Crippen LogP contribution in [-0.4, -0.2) is 27.3 Å². The molecule has 0 aromatic heterocycles. The van der Waals surface area contributed by atoms with Gasteiger partial charge in [0.15, 0.2) is 0 Å². The smallest absolute Gasteiger partial charge is 0.350 e. The standard InChI is InChI=1S/C10H9Cl4N3O2S/c1-19-8-3-2-6(4-7(8)11)16-5-15-17(9(16)18)20-10(12,13)14/h2-4,15H,5H2,1H3. The third-order valence-electron chi connectivity index (χ3n) is 2.42. The second-order valence-electron chi connectivity index (χ2n) is 3.68. The van der Waals surface area contributed by atoms with Gasteiger partial charge in [0.05, 0.1) is 18.8 Å². The Hall–Kier alpha value is -0.240. The average molecular weight is 377 g/mol. The van der Waals surface area contributed by atoms with E-state index in [1.807, 2.05) is 0 Å². The molecule has 0 unspecified atom stereocenters. The van der Waals surface area contributed by atoms with E-state index in [2.05, 4.69) is 5.43 Å². The number of rotatable bonds is 3. The second kappa shape index (κ2) is 6.25. The first-order chi connectivity index (χ1) is 9.31. The first-order valence-electron chi connectivity index (χ1n) is 5.26. The molecule has 1 aliphatic heterocycles. The van der Waals surface area contributed by atoms with Gasteiger partial charge in [-0.25, -0.2) is 4.79 Å². The number of carbonyl (C=O) groups is 1. The number of benzene rings is 1. The molecular formula is C10H9Cl4N3O2S. The van der Waals surface area contributed by atoms with Crippen molar-refractivity contribution in [1.29, 1.82) is 0 Å². The number of hydrogen-bond donors (Lipinski definition) is 1. The fraction of sp³-hybridized carbons (Fsp3) is 0.300. The number of methoxy groups -OCH3 is 1. The summed E-state index contributed by atoms with van der Waals surface area (Å²) in [6.07, 6.45) is 0. The maximum atomic E-state index is 12.2. The predicted octanol–water partition coefficient (Wildman–Crippen LogP) is 4.03. The van der Waals surface area contributed by atoms with Crippen LogP contribution < -0.4 is 15.1 Å². The van der Waals surface area contributed by atoms with Gasteiger partial charge in [-0.1, -0.05) is 46.4 Å². The summed E-state index contributed by atoms with van der Waals surface area (Å²) in [5.74, 6) is 0.530. The van der Waals surface area contributed by atoms with E-state index in [9.17, 15) is 4.79 Å². The maximum absolute atomic E-state index is 12.2. The van der Waals surface area contributed by atoms with E-state index in [4.69, 9.17) is 51.1 Å². The number of carbonyl (C=O) groups excluding carboxylic acids is 1. The second-order valence-corrected chi connectivity index (χ2v) is 8.20. The summed E-state index contributed by atoms with van der Waals surface area (Å²) in [6, 6.07) is 4.66. The summed E-state index contributed by atoms with van der Waals surface area (Å²) in [7, 11) is 1.52. The lowest BCUT2D eigenvalue weighted by Crippen LogP contribution is -2.31. The third-order valence-corrected chi connectivity index (χ3v) is 4.01. The molecule has 20 heavy (non-hydrogen) atoms. The SMILES string of the molecule is COc1ccc(N2CNN(SC(Cl)(Cl)Cl)C2=O)cc1Cl. The van der Waals surface area contributed by atoms with Crippen LogP contribution in [-0.2, 0) is 0 Å². The largest absolute Gasteiger partial charge is 0.495 e. The molecule has 1 N–H and O–H groups in total. The van der Waals surface area contributed by atoms with Crippen molar-refractivity contribution in [3.05, 3.63) is 23.2 Å². The number of hydrazine groups is 1. The Bertz CT molecular complexity index is 526. The number of hydrogen-bond acceptors (Lipinski definition) is 4. The zero-order valence-electron chi connectivity index (χ0n) is 10.1. The van der Waals surface area contributed by atoms with E-state index < -0.39 is 3.12 Å². The summed E-state index contributed by atoms with van der Waals surface area (Å²) in [6.45, 7) is 0.245. The molecule has 110 valence electrons. The van der Waals surface area contributed by atoms with E-state index in [1.165, 1.54) is 12.0 Å². The van der Waals surface area contributed by atoms with Crippen LogP contribution in [0.5, 0.6) is 5.75 Å². The molecule has 0 bridgehead atoms. The maximum Gasteiger partial charge on any atom is 0.350 e. The van der Waals surface area contributed by atoms with Crippen molar-refractivity contribution in [2.75, 3.05) is 18.7 Å². The molecule has 0 saturated carbocycles. The van der Waals surface area contributed by atoms with Gasteiger partial charge in [-0.05, 0) is 18.2 Å². The molecule has 0 radical (unpaired) electrons. The van der Waals surface area contributed by atoms with Crippen molar-refractivity contribution in [1.82, 2.24) is 9.84 Å². The highest BCUT2D eigenvalue weighted by Crippen LogP contribution is 2.42. The Labute approximate surface area is 140 Å². The molecule has 10 heteroatoms. The molecule has 0 atom stereocenters. The number of nitrogens with zero attached hydrogens (tertiary/aromatic N) is 2. The van der Waals surface area contributed by atoms with Crippen LogP contribution in [0.15, 0.2) is 18.2 Å². The predicted molar refractivity (Wildman–Crippen MR) is 83.6 cm³/mol. The molecule has 5 nitrogen and oxygen atoms in total. The van der Waals surface area contributed by atoms with Crippen LogP contribution in [0.3, 0.4) is 0 Å². The zero-order chi connectivity index (χ0) is 14.9. The minimum atomic E-state index is -1.63. The van der Waals surface area contributed by atoms with Crippen LogP contribution in [0, 0.1) is 0 Å². The van der Waals surface area contributed by atoms with Gasteiger partial charge in [-0.15, -0.1) is 0 Å². The van der Waals surface area contributed by atoms with Crippen LogP contribution in [0.2, 0.25) is 5.02 Å². The topological polar surface area (TPSA) is 44.8 Å². The van der Waals surface area contributed by atoms with Crippen LogP contribution in [0.1, 0.15) is 0 Å². The first kappa shape index (κ1) is 16.1. The molecule has 1 aromatic rings. The Morgan fingerprint density at radius 2 is 2.10 bits per heavy atom. The van der Waals surface area contributed by atoms with Crippen LogP contribution in [0.25, 0.3) is 0 Å². The van der Waals surface area contributed by atoms with Gasteiger partial charge in [0, 0.05) is 17.6 Å². The number of nitrogens with one attached hydrogen (secondary N) is 1. The fourth-order valence-corrected chi connectivity index (χ4v) is 2.96. The molecule has 0 aliphatic carbocycles. The zero-order valence-corrected chi connectivity index (χ0v) is 13.9. The quantitative estimate of drug-likeness (QED) is 0.638. The highest BCUT2D eigenvalue weighted by Gasteiger charge is 2.36. The number of urea groups is 1. The summed E-state index contributed by atoms with van der Waals surface area (Å²) >= 11 is 23.7. The molecule has 1 aliphatic rings. The fourth-order valence-electron chi connectivity index (χ4n) is 1.58. The van der Waals surface area contributed by atoms with Crippen molar-refractivity contribution in [2.24, 2.45) is 0 Å². The molecule has 1 heterocycles. The number of alkyl halides is 3. The minimum Gasteiger partial charge on any atom is -0.495 e. The number of amides is 2. The molecular weight excluding hydrogens is 368 g/mol. The summed E-state index contributed by atoms with van der Waals surface area (Å²) < 4.78 is 4.59. The monoisotopic (exact) mass is 375 g/mol. The lowest BCUT2D eigenvalue weighted by Gasteiger charge is -2.19. The van der Waals surface area contributed by atoms with Gasteiger partial charge < -0.3 is 4.74 Å². The molecule has 2 amide bonds. The van der Waals surface area contributed by atoms with Crippen molar-refractivity contribution in [3.8, 4) is 5.75 Å². The van der Waals surface area contributed by atoms with E-state index in [0.29, 0.717) is 16.5 Å². The van der Waals surface area contributed by atoms with Gasteiger partial charge in [0.1, 0.15) is 5.75 Å². The first-order valence-corrected chi connectivity index (χ1v) is 7.55. The summed E-state index contributed by atoms with van der Waals surface area (Å²) in [5.41, 5.74) is 3.42. The Kier molecular flexibility index (Phi) is 5.05. The number of ether oxygens (including phenoxy) is 1. The molecule has 1 aromatic carbocycles. The average Bonchev–Trinajstić information content (AvgIpc) is 2.69. The van der Waals surface area contributed by atoms with Crippen LogP contribution >= 0.6 is 58.4 Å². The van der Waals surface area contributed by atoms with Gasteiger partial charge in [0.25, 0.3) is 3.12 Å². The minimum absolute atomic E-state index is 0.245. The molecule has 2 rings (SSSR count). The highest BCUT2D eigenvalue weighted by atomic mass is 35.6. The van der Waals surface area contributed by atoms with E-state index in [0.717, 1.165) is 16.4 Å². The van der Waals surface area contributed by atoms with Gasteiger partial charge in [-0.3, -0.25) is 4.90 Å². The number of halogens is 4. The molecule has 1 fully saturated rings.